The van der Waals surface area contributed by atoms with Gasteiger partial charge < -0.3 is 9.47 Å². The highest BCUT2D eigenvalue weighted by Gasteiger charge is 2.24. The normalized spacial score (nSPS) is 14.5. The van der Waals surface area contributed by atoms with E-state index in [1.165, 1.54) is 23.1 Å². The number of aryl methyl sites for hydroxylation is 1. The van der Waals surface area contributed by atoms with Crippen LogP contribution in [0.3, 0.4) is 0 Å². The van der Waals surface area contributed by atoms with Gasteiger partial charge in [0.05, 0.1) is 21.7 Å². The predicted octanol–water partition coefficient (Wildman–Crippen LogP) is 2.70. The van der Waals surface area contributed by atoms with Crippen molar-refractivity contribution in [2.24, 2.45) is 12.1 Å². The lowest BCUT2D eigenvalue weighted by Gasteiger charge is -2.28. The Hall–Kier alpha value is -2.58. The summed E-state index contributed by atoms with van der Waals surface area (Å²) in [6.45, 7) is 0.344. The maximum Gasteiger partial charge on any atom is 0.241 e. The summed E-state index contributed by atoms with van der Waals surface area (Å²) in [4.78, 5) is 28.0. The number of thioether (sulfide) groups is 1. The number of carbonyl (C=O) groups excluding carboxylic acids is 2. The number of carbonyl (C=O) groups is 2. The molecule has 138 valence electrons. The van der Waals surface area contributed by atoms with Gasteiger partial charge in [-0.05, 0) is 24.3 Å². The van der Waals surface area contributed by atoms with Crippen molar-refractivity contribution in [3.63, 3.8) is 0 Å². The van der Waals surface area contributed by atoms with E-state index in [0.717, 1.165) is 25.6 Å². The van der Waals surface area contributed by atoms with Crippen molar-refractivity contribution in [1.29, 1.82) is 0 Å². The number of rotatable bonds is 4. The summed E-state index contributed by atoms with van der Waals surface area (Å²) in [6, 6.07) is 15.8. The van der Waals surface area contributed by atoms with Gasteiger partial charge in [0.25, 0.3) is 0 Å². The van der Waals surface area contributed by atoms with Crippen LogP contribution in [0.4, 0.5) is 5.69 Å². The molecule has 0 radical (unpaired) electrons. The number of para-hydroxylation sites is 2. The fourth-order valence-electron chi connectivity index (χ4n) is 2.97. The second kappa shape index (κ2) is 7.58. The second-order valence-electron chi connectivity index (χ2n) is 6.11. The fourth-order valence-corrected chi connectivity index (χ4v) is 4.88. The molecule has 0 fully saturated rings. The first-order valence-electron chi connectivity index (χ1n) is 8.53. The summed E-state index contributed by atoms with van der Waals surface area (Å²) >= 11 is 3.05. The summed E-state index contributed by atoms with van der Waals surface area (Å²) in [6.07, 6.45) is 0.197. The van der Waals surface area contributed by atoms with Gasteiger partial charge in [-0.25, -0.2) is 5.43 Å². The van der Waals surface area contributed by atoms with E-state index in [1.54, 1.807) is 4.90 Å². The molecule has 1 aliphatic heterocycles. The zero-order valence-corrected chi connectivity index (χ0v) is 16.3. The van der Waals surface area contributed by atoms with Crippen LogP contribution in [0.5, 0.6) is 0 Å². The number of aromatic nitrogens is 1. The lowest BCUT2D eigenvalue weighted by Crippen LogP contribution is -2.38. The number of amides is 2. The molecule has 0 unspecified atom stereocenters. The molecule has 6 nitrogen and oxygen atoms in total. The number of anilines is 1. The van der Waals surface area contributed by atoms with Crippen LogP contribution in [0, 0.1) is 0 Å². The molecule has 8 heteroatoms. The van der Waals surface area contributed by atoms with E-state index in [1.807, 2.05) is 60.1 Å². The Balaban J connectivity index is 1.44. The van der Waals surface area contributed by atoms with E-state index in [0.29, 0.717) is 12.3 Å². The number of thiazole rings is 1. The zero-order chi connectivity index (χ0) is 18.8. The molecule has 4 rings (SSSR count). The summed E-state index contributed by atoms with van der Waals surface area (Å²) in [5.74, 6) is 0.219. The van der Waals surface area contributed by atoms with Crippen LogP contribution in [0.2, 0.25) is 0 Å². The lowest BCUT2D eigenvalue weighted by molar-refractivity contribution is -0.121. The number of nitrogens with zero attached hydrogens (tertiary/aromatic N) is 3. The van der Waals surface area contributed by atoms with Crippen molar-refractivity contribution < 1.29 is 9.59 Å². The highest BCUT2D eigenvalue weighted by atomic mass is 32.2. The van der Waals surface area contributed by atoms with E-state index < -0.39 is 0 Å². The molecule has 0 atom stereocenters. The van der Waals surface area contributed by atoms with E-state index in [2.05, 4.69) is 10.5 Å². The minimum absolute atomic E-state index is 0.0272. The largest absolute Gasteiger partial charge is 0.318 e. The lowest BCUT2D eigenvalue weighted by atomic mass is 10.2. The number of hydrogen-bond acceptors (Lipinski definition) is 5. The topological polar surface area (TPSA) is 66.7 Å². The smallest absolute Gasteiger partial charge is 0.241 e. The molecule has 27 heavy (non-hydrogen) atoms. The Morgan fingerprint density at radius 2 is 1.96 bits per heavy atom. The Labute approximate surface area is 164 Å². The van der Waals surface area contributed by atoms with Crippen molar-refractivity contribution in [2.45, 2.75) is 11.3 Å². The first-order valence-corrected chi connectivity index (χ1v) is 10.3. The van der Waals surface area contributed by atoms with Crippen molar-refractivity contribution in [1.82, 2.24) is 9.99 Å². The number of fused-ring (bicyclic) bond motifs is 2. The van der Waals surface area contributed by atoms with Gasteiger partial charge in [-0.2, -0.15) is 0 Å². The van der Waals surface area contributed by atoms with Gasteiger partial charge in [0, 0.05) is 24.9 Å². The molecule has 1 aliphatic rings. The molecule has 0 aliphatic carbocycles. The fraction of sp³-hybridized carbons (Fsp3) is 0.211. The Morgan fingerprint density at radius 1 is 1.19 bits per heavy atom. The summed E-state index contributed by atoms with van der Waals surface area (Å²) in [5, 5.41) is 4.24. The molecule has 2 amide bonds. The van der Waals surface area contributed by atoms with Gasteiger partial charge in [0.1, 0.15) is 0 Å². The third-order valence-electron chi connectivity index (χ3n) is 4.36. The summed E-state index contributed by atoms with van der Waals surface area (Å²) in [7, 11) is 1.92. The van der Waals surface area contributed by atoms with Crippen molar-refractivity contribution in [2.75, 3.05) is 17.2 Å². The number of benzene rings is 2. The van der Waals surface area contributed by atoms with Gasteiger partial charge >= 0.3 is 0 Å². The van der Waals surface area contributed by atoms with Crippen LogP contribution in [0.1, 0.15) is 6.42 Å². The standard InChI is InChI=1S/C19H18N4O2S2/c1-22-13-6-2-5-9-16(13)27-19(22)21-20-17(24)10-11-23-14-7-3-4-8-15(14)26-12-18(23)25/h2-9H,10-12H2,1H3,(H,20,24)/b21-19-. The van der Waals surface area contributed by atoms with Crippen LogP contribution < -0.4 is 15.1 Å². The summed E-state index contributed by atoms with van der Waals surface area (Å²) < 4.78 is 3.06. The van der Waals surface area contributed by atoms with Crippen LogP contribution in [0.25, 0.3) is 10.2 Å². The maximum atomic E-state index is 12.3. The van der Waals surface area contributed by atoms with Crippen molar-refractivity contribution >= 4 is 50.8 Å². The highest BCUT2D eigenvalue weighted by molar-refractivity contribution is 8.00. The third kappa shape index (κ3) is 3.63. The SMILES string of the molecule is Cn1/c(=N/NC(=O)CCN2C(=O)CSc3ccccc32)sc2ccccc21. The molecule has 2 heterocycles. The molecule has 3 aromatic rings. The third-order valence-corrected chi connectivity index (χ3v) is 6.52. The first kappa shape index (κ1) is 17.8. The highest BCUT2D eigenvalue weighted by Crippen LogP contribution is 2.34. The van der Waals surface area contributed by atoms with Gasteiger partial charge in [0.15, 0.2) is 0 Å². The predicted molar refractivity (Wildman–Crippen MR) is 109 cm³/mol. The second-order valence-corrected chi connectivity index (χ2v) is 8.14. The quantitative estimate of drug-likeness (QED) is 0.687. The number of nitrogens with one attached hydrogen (secondary N) is 1. The monoisotopic (exact) mass is 398 g/mol. The average molecular weight is 399 g/mol. The Morgan fingerprint density at radius 3 is 2.81 bits per heavy atom. The molecule has 1 aromatic heterocycles. The van der Waals surface area contributed by atoms with E-state index >= 15 is 0 Å². The molecule has 1 N–H and O–H groups in total. The van der Waals surface area contributed by atoms with Crippen molar-refractivity contribution in [3.05, 3.63) is 53.3 Å². The zero-order valence-electron chi connectivity index (χ0n) is 14.7. The minimum Gasteiger partial charge on any atom is -0.318 e. The molecular formula is C19H18N4O2S2. The van der Waals surface area contributed by atoms with Crippen LogP contribution in [-0.4, -0.2) is 28.7 Å². The molecule has 0 saturated heterocycles. The molecular weight excluding hydrogens is 380 g/mol. The Bertz CT molecular complexity index is 1090. The van der Waals surface area contributed by atoms with Gasteiger partial charge in [0.2, 0.25) is 16.6 Å². The van der Waals surface area contributed by atoms with Crippen LogP contribution >= 0.6 is 23.1 Å². The van der Waals surface area contributed by atoms with E-state index in [-0.39, 0.29) is 18.2 Å². The Kier molecular flexibility index (Phi) is 5.00. The minimum atomic E-state index is -0.212. The van der Waals surface area contributed by atoms with E-state index in [9.17, 15) is 9.59 Å². The van der Waals surface area contributed by atoms with Gasteiger partial charge in [-0.15, -0.1) is 16.9 Å². The van der Waals surface area contributed by atoms with Gasteiger partial charge in [-0.3, -0.25) is 9.59 Å². The summed E-state index contributed by atoms with van der Waals surface area (Å²) in [5.41, 5.74) is 4.56. The maximum absolute atomic E-state index is 12.3. The molecule has 2 aromatic carbocycles. The van der Waals surface area contributed by atoms with Crippen LogP contribution in [-0.2, 0) is 16.6 Å². The molecule has 0 saturated carbocycles. The first-order chi connectivity index (χ1) is 13.1. The van der Waals surface area contributed by atoms with Gasteiger partial charge in [-0.1, -0.05) is 35.6 Å². The van der Waals surface area contributed by atoms with Crippen molar-refractivity contribution in [3.8, 4) is 0 Å². The number of hydrogen-bond donors (Lipinski definition) is 1. The molecule has 0 bridgehead atoms. The van der Waals surface area contributed by atoms with E-state index in [4.69, 9.17) is 0 Å². The van der Waals surface area contributed by atoms with Crippen LogP contribution in [0.15, 0.2) is 58.5 Å². The average Bonchev–Trinajstić information content (AvgIpc) is 3.01. The molecule has 0 spiro atoms.